The summed E-state index contributed by atoms with van der Waals surface area (Å²) < 4.78 is 14.3. The molecule has 5 aromatic rings. The van der Waals surface area contributed by atoms with E-state index in [1.54, 1.807) is 24.5 Å². The number of aromatic hydroxyl groups is 1. The third-order valence-electron chi connectivity index (χ3n) is 7.50. The lowest BCUT2D eigenvalue weighted by Gasteiger charge is -2.30. The molecule has 4 N–H and O–H groups in total. The Morgan fingerprint density at radius 2 is 1.80 bits per heavy atom. The quantitative estimate of drug-likeness (QED) is 0.229. The number of piperidine rings is 1. The monoisotopic (exact) mass is 551 g/mol. The van der Waals surface area contributed by atoms with Crippen molar-refractivity contribution in [2.24, 2.45) is 0 Å². The third kappa shape index (κ3) is 5.62. The van der Waals surface area contributed by atoms with E-state index in [9.17, 15) is 19.4 Å². The number of aromatic amines is 1. The number of benzene rings is 3. The molecular formula is C32H30FN5O3. The van der Waals surface area contributed by atoms with Gasteiger partial charge >= 0.3 is 0 Å². The maximum atomic E-state index is 14.3. The first kappa shape index (κ1) is 26.5. The van der Waals surface area contributed by atoms with Crippen LogP contribution in [0.3, 0.4) is 0 Å². The highest BCUT2D eigenvalue weighted by atomic mass is 19.1. The van der Waals surface area contributed by atoms with Crippen LogP contribution in [0.25, 0.3) is 22.3 Å². The summed E-state index contributed by atoms with van der Waals surface area (Å²) in [4.78, 5) is 28.2. The Balaban J connectivity index is 1.30. The first-order valence-corrected chi connectivity index (χ1v) is 13.6. The number of nitrogens with zero attached hydrogens (tertiary/aromatic N) is 3. The molecule has 0 bridgehead atoms. The number of hydrogen-bond acceptors (Lipinski definition) is 6. The van der Waals surface area contributed by atoms with Gasteiger partial charge < -0.3 is 25.4 Å². The van der Waals surface area contributed by atoms with Gasteiger partial charge in [0.25, 0.3) is 5.91 Å². The molecule has 1 unspecified atom stereocenters. The minimum Gasteiger partial charge on any atom is -0.508 e. The highest BCUT2D eigenvalue weighted by Gasteiger charge is 2.24. The number of phenols is 1. The zero-order valence-corrected chi connectivity index (χ0v) is 22.5. The average molecular weight is 552 g/mol. The number of carbonyl (C=O) groups excluding carboxylic acids is 1. The van der Waals surface area contributed by atoms with Gasteiger partial charge in [0.2, 0.25) is 0 Å². The minimum absolute atomic E-state index is 0.128. The predicted molar refractivity (Wildman–Crippen MR) is 155 cm³/mol. The highest BCUT2D eigenvalue weighted by Crippen LogP contribution is 2.32. The molecule has 1 fully saturated rings. The van der Waals surface area contributed by atoms with Gasteiger partial charge in [0.1, 0.15) is 11.6 Å². The Bertz CT molecular complexity index is 1680. The molecule has 1 saturated heterocycles. The van der Waals surface area contributed by atoms with E-state index in [0.29, 0.717) is 35.5 Å². The summed E-state index contributed by atoms with van der Waals surface area (Å²) in [6.45, 7) is 3.38. The molecule has 0 saturated carbocycles. The van der Waals surface area contributed by atoms with Crippen molar-refractivity contribution in [2.45, 2.75) is 31.9 Å². The van der Waals surface area contributed by atoms with E-state index < -0.39 is 17.8 Å². The van der Waals surface area contributed by atoms with Crippen LogP contribution >= 0.6 is 0 Å². The Morgan fingerprint density at radius 3 is 2.56 bits per heavy atom. The van der Waals surface area contributed by atoms with E-state index in [2.05, 4.69) is 25.2 Å². The van der Waals surface area contributed by atoms with Crippen LogP contribution in [-0.2, 0) is 0 Å². The lowest BCUT2D eigenvalue weighted by molar-refractivity contribution is 0.0942. The summed E-state index contributed by atoms with van der Waals surface area (Å²) >= 11 is 0. The summed E-state index contributed by atoms with van der Waals surface area (Å²) in [5, 5.41) is 24.3. The second kappa shape index (κ2) is 11.0. The molecule has 2 aromatic heterocycles. The van der Waals surface area contributed by atoms with Crippen molar-refractivity contribution >= 4 is 22.5 Å². The molecule has 0 radical (unpaired) electrons. The first-order valence-electron chi connectivity index (χ1n) is 13.6. The maximum absolute atomic E-state index is 14.3. The molecule has 0 aliphatic carbocycles. The smallest absolute Gasteiger partial charge is 0.252 e. The maximum Gasteiger partial charge on any atom is 0.252 e. The molecule has 1 amide bonds. The average Bonchev–Trinajstić information content (AvgIpc) is 3.41. The summed E-state index contributed by atoms with van der Waals surface area (Å²) in [7, 11) is 0. The first-order chi connectivity index (χ1) is 19.8. The number of halogens is 1. The number of para-hydroxylation sites is 1. The van der Waals surface area contributed by atoms with E-state index >= 15 is 0 Å². The number of amides is 1. The fraction of sp³-hybridized carbons (Fsp3) is 0.219. The molecule has 9 heteroatoms. The van der Waals surface area contributed by atoms with Gasteiger partial charge in [0.15, 0.2) is 5.82 Å². The largest absolute Gasteiger partial charge is 0.508 e. The van der Waals surface area contributed by atoms with Gasteiger partial charge in [-0.1, -0.05) is 18.2 Å². The molecular weight excluding hydrogens is 521 g/mol. The SMILES string of the molecule is Cc1cc(C(=O)NC(c2cc3ccccc3[nH]2)c2cc(F)ccc2O)cc(-c2ncc(N3CCC(O)CC3)cn2)c1. The van der Waals surface area contributed by atoms with Crippen molar-refractivity contribution in [3.05, 3.63) is 107 Å². The number of aromatic nitrogens is 3. The van der Waals surface area contributed by atoms with Gasteiger partial charge in [0.05, 0.1) is 30.2 Å². The number of phenolic OH excluding ortho intramolecular Hbond substituents is 1. The van der Waals surface area contributed by atoms with Gasteiger partial charge in [-0.15, -0.1) is 0 Å². The van der Waals surface area contributed by atoms with Gasteiger partial charge in [0, 0.05) is 41.0 Å². The number of aliphatic hydroxyl groups excluding tert-OH is 1. The van der Waals surface area contributed by atoms with E-state index in [1.165, 1.54) is 18.2 Å². The standard InChI is InChI=1S/C32H30FN5O3/c1-19-12-21(31-34-17-24(18-35-31)38-10-8-25(39)9-11-38)14-22(13-19)32(41)37-30(26-16-23(33)6-7-29(26)40)28-15-20-4-2-3-5-27(20)36-28/h2-7,12-18,25,30,36,39-40H,8-11H2,1H3,(H,37,41). The van der Waals surface area contributed by atoms with Crippen molar-refractivity contribution in [2.75, 3.05) is 18.0 Å². The number of hydrogen-bond donors (Lipinski definition) is 4. The van der Waals surface area contributed by atoms with Crippen LogP contribution < -0.4 is 10.2 Å². The van der Waals surface area contributed by atoms with E-state index in [0.717, 1.165) is 35.2 Å². The number of anilines is 1. The normalized spacial score (nSPS) is 14.8. The van der Waals surface area contributed by atoms with Crippen molar-refractivity contribution in [3.8, 4) is 17.1 Å². The van der Waals surface area contributed by atoms with Crippen LogP contribution in [0.5, 0.6) is 5.75 Å². The molecule has 1 aliphatic heterocycles. The zero-order valence-electron chi connectivity index (χ0n) is 22.5. The lowest BCUT2D eigenvalue weighted by atomic mass is 10.0. The molecule has 3 heterocycles. The number of aliphatic hydroxyl groups is 1. The minimum atomic E-state index is -0.840. The third-order valence-corrected chi connectivity index (χ3v) is 7.50. The molecule has 208 valence electrons. The van der Waals surface area contributed by atoms with Crippen LogP contribution in [0, 0.1) is 12.7 Å². The van der Waals surface area contributed by atoms with Crippen LogP contribution in [-0.4, -0.2) is 50.3 Å². The van der Waals surface area contributed by atoms with Crippen molar-refractivity contribution < 1.29 is 19.4 Å². The number of fused-ring (bicyclic) bond motifs is 1. The second-order valence-corrected chi connectivity index (χ2v) is 10.5. The molecule has 8 nitrogen and oxygen atoms in total. The van der Waals surface area contributed by atoms with Crippen molar-refractivity contribution in [1.82, 2.24) is 20.3 Å². The number of nitrogens with one attached hydrogen (secondary N) is 2. The number of H-pyrrole nitrogens is 1. The van der Waals surface area contributed by atoms with Crippen LogP contribution in [0.2, 0.25) is 0 Å². The number of rotatable bonds is 6. The van der Waals surface area contributed by atoms with Crippen molar-refractivity contribution in [1.29, 1.82) is 0 Å². The Morgan fingerprint density at radius 1 is 1.05 bits per heavy atom. The predicted octanol–water partition coefficient (Wildman–Crippen LogP) is 5.26. The van der Waals surface area contributed by atoms with Crippen LogP contribution in [0.1, 0.15) is 46.1 Å². The van der Waals surface area contributed by atoms with Gasteiger partial charge in [-0.2, -0.15) is 0 Å². The number of aryl methyl sites for hydroxylation is 1. The molecule has 3 aromatic carbocycles. The Kier molecular flexibility index (Phi) is 7.11. The summed E-state index contributed by atoms with van der Waals surface area (Å²) in [6, 6.07) is 17.8. The zero-order chi connectivity index (χ0) is 28.5. The molecule has 1 atom stereocenters. The van der Waals surface area contributed by atoms with Crippen LogP contribution in [0.4, 0.5) is 10.1 Å². The molecule has 0 spiro atoms. The van der Waals surface area contributed by atoms with E-state index in [1.807, 2.05) is 43.3 Å². The lowest BCUT2D eigenvalue weighted by Crippen LogP contribution is -2.35. The summed E-state index contributed by atoms with van der Waals surface area (Å²) in [6.07, 6.45) is 4.70. The molecule has 41 heavy (non-hydrogen) atoms. The fourth-order valence-electron chi connectivity index (χ4n) is 5.35. The van der Waals surface area contributed by atoms with E-state index in [4.69, 9.17) is 0 Å². The van der Waals surface area contributed by atoms with Gasteiger partial charge in [-0.3, -0.25) is 4.79 Å². The fourth-order valence-corrected chi connectivity index (χ4v) is 5.35. The highest BCUT2D eigenvalue weighted by molar-refractivity contribution is 5.96. The number of carbonyl (C=O) groups is 1. The Hall–Kier alpha value is -4.76. The Labute approximate surface area is 236 Å². The van der Waals surface area contributed by atoms with Gasteiger partial charge in [-0.25, -0.2) is 14.4 Å². The molecule has 6 rings (SSSR count). The van der Waals surface area contributed by atoms with E-state index in [-0.39, 0.29) is 17.4 Å². The van der Waals surface area contributed by atoms with Gasteiger partial charge in [-0.05, 0) is 79.2 Å². The van der Waals surface area contributed by atoms with Crippen molar-refractivity contribution in [3.63, 3.8) is 0 Å². The molecule has 1 aliphatic rings. The summed E-state index contributed by atoms with van der Waals surface area (Å²) in [5.74, 6) is -0.562. The second-order valence-electron chi connectivity index (χ2n) is 10.5. The topological polar surface area (TPSA) is 114 Å². The summed E-state index contributed by atoms with van der Waals surface area (Å²) in [5.41, 5.74) is 4.51. The van der Waals surface area contributed by atoms with Crippen LogP contribution in [0.15, 0.2) is 79.1 Å².